The van der Waals surface area contributed by atoms with Crippen LogP contribution in [0.3, 0.4) is 0 Å². The number of rotatable bonds is 0. The first kappa shape index (κ1) is 3.59. The fraction of sp³-hybridized carbons (Fsp3) is 0. The Hall–Kier alpha value is -1.39. The van der Waals surface area contributed by atoms with Crippen LogP contribution in [0.5, 0.6) is 0 Å². The van der Waals surface area contributed by atoms with Crippen molar-refractivity contribution in [3.8, 4) is 0 Å². The summed E-state index contributed by atoms with van der Waals surface area (Å²) in [6.07, 6.45) is 0. The minimum Gasteiger partial charge on any atom is -0.391 e. The van der Waals surface area contributed by atoms with Crippen molar-refractivity contribution in [3.05, 3.63) is 5.62 Å². The van der Waals surface area contributed by atoms with Gasteiger partial charge in [0.1, 0.15) is 0 Å². The van der Waals surface area contributed by atoms with Gasteiger partial charge in [0, 0.05) is 0 Å². The van der Waals surface area contributed by atoms with Gasteiger partial charge in [0.2, 0.25) is 0 Å². The molecule has 2 N–H and O–H groups in total. The highest BCUT2D eigenvalue weighted by Gasteiger charge is 1.99. The molecule has 0 aliphatic rings. The molecule has 5 nitrogen and oxygen atoms in total. The molecule has 3 rings (SSSR count). The summed E-state index contributed by atoms with van der Waals surface area (Å²) < 4.78 is 4.69. The molecule has 2 bridgehead atoms. The normalized spacial score (nSPS) is 11.0. The number of nitrogens with one attached hydrogen (secondary N) is 2. The molecule has 0 aromatic carbocycles. The van der Waals surface area contributed by atoms with E-state index in [2.05, 4.69) is 15.0 Å². The van der Waals surface area contributed by atoms with Gasteiger partial charge in [-0.1, -0.05) is 0 Å². The van der Waals surface area contributed by atoms with Crippen LogP contribution < -0.4 is 5.62 Å². The van der Waals surface area contributed by atoms with Gasteiger partial charge in [-0.2, -0.15) is 9.97 Å². The highest BCUT2D eigenvalue weighted by Crippen LogP contribution is 1.98. The molecule has 0 amide bonds. The summed E-state index contributed by atoms with van der Waals surface area (Å²) in [6.45, 7) is 0. The van der Waals surface area contributed by atoms with Crippen molar-refractivity contribution in [3.63, 3.8) is 0 Å². The molecule has 0 spiro atoms. The molecular formula is C3H2N4O. The standard InChI is InChI=1S/C3H2N4O/c4-1-5-2-7-3(6-1)8-2/h(H2,4,5,6,7). The first-order valence-corrected chi connectivity index (χ1v) is 2.05. The third-order valence-electron chi connectivity index (χ3n) is 0.822. The predicted molar refractivity (Wildman–Crippen MR) is 23.2 cm³/mol. The lowest BCUT2D eigenvalue weighted by atomic mass is 10.9. The molecule has 0 saturated heterocycles. The smallest absolute Gasteiger partial charge is 0.308 e. The van der Waals surface area contributed by atoms with Crippen LogP contribution in [0.25, 0.3) is 11.7 Å². The molecule has 3 heterocycles. The lowest BCUT2D eigenvalue weighted by molar-refractivity contribution is 0.527. The lowest BCUT2D eigenvalue weighted by Crippen LogP contribution is -2.14. The van der Waals surface area contributed by atoms with Crippen LogP contribution in [-0.4, -0.2) is 15.0 Å². The first-order chi connectivity index (χ1) is 3.84. The molecule has 8 heavy (non-hydrogen) atoms. The van der Waals surface area contributed by atoms with Gasteiger partial charge < -0.3 is 4.42 Å². The molecular weight excluding hydrogens is 108 g/mol. The van der Waals surface area contributed by atoms with E-state index in [9.17, 15) is 0 Å². The molecule has 40 valence electrons. The summed E-state index contributed by atoms with van der Waals surface area (Å²) in [7, 11) is 0. The van der Waals surface area contributed by atoms with Crippen molar-refractivity contribution >= 4 is 11.7 Å². The van der Waals surface area contributed by atoms with E-state index < -0.39 is 0 Å². The van der Waals surface area contributed by atoms with E-state index in [1.165, 1.54) is 0 Å². The number of nitrogens with zero attached hydrogens (tertiary/aromatic N) is 2. The second-order valence-electron chi connectivity index (χ2n) is 1.38. The fourth-order valence-corrected chi connectivity index (χ4v) is 0.507. The van der Waals surface area contributed by atoms with Gasteiger partial charge in [-0.25, -0.2) is 0 Å². The van der Waals surface area contributed by atoms with Crippen molar-refractivity contribution < 1.29 is 4.42 Å². The van der Waals surface area contributed by atoms with Gasteiger partial charge in [-0.3, -0.25) is 10.4 Å². The van der Waals surface area contributed by atoms with Gasteiger partial charge in [-0.05, 0) is 0 Å². The average molecular weight is 110 g/mol. The molecule has 0 radical (unpaired) electrons. The Bertz CT molecular complexity index is 291. The first-order valence-electron chi connectivity index (χ1n) is 2.05. The van der Waals surface area contributed by atoms with Gasteiger partial charge >= 0.3 is 11.7 Å². The zero-order chi connectivity index (χ0) is 5.56. The van der Waals surface area contributed by atoms with Crippen LogP contribution in [0.2, 0.25) is 0 Å². The summed E-state index contributed by atoms with van der Waals surface area (Å²) in [5, 5.41) is 6.85. The largest absolute Gasteiger partial charge is 0.391 e. The van der Waals surface area contributed by atoms with Crippen molar-refractivity contribution in [2.75, 3.05) is 0 Å². The monoisotopic (exact) mass is 110 g/mol. The minimum atomic E-state index is 0.000000000000000444. The Morgan fingerprint density at radius 2 is 1.88 bits per heavy atom. The number of fused-ring (bicyclic) bond motifs is 2. The Labute approximate surface area is 43.2 Å². The highest BCUT2D eigenvalue weighted by molar-refractivity contribution is 5.35. The quantitative estimate of drug-likeness (QED) is 0.478. The van der Waals surface area contributed by atoms with Crippen LogP contribution in [0, 0.1) is 5.41 Å². The molecule has 0 saturated carbocycles. The van der Waals surface area contributed by atoms with Crippen LogP contribution in [0.4, 0.5) is 0 Å². The molecule has 3 aromatic rings. The Balaban J connectivity index is 3.03. The average Bonchev–Trinajstić information content (AvgIpc) is 1.62. The van der Waals surface area contributed by atoms with Crippen LogP contribution in [-0.2, 0) is 0 Å². The fourth-order valence-electron chi connectivity index (χ4n) is 0.507. The van der Waals surface area contributed by atoms with Gasteiger partial charge in [0.25, 0.3) is 5.62 Å². The maximum Gasteiger partial charge on any atom is 0.308 e. The summed E-state index contributed by atoms with van der Waals surface area (Å²) in [5.74, 6) is 0.750. The SMILES string of the molecule is N=c1nc2[nH]c(n1)o2. The van der Waals surface area contributed by atoms with E-state index in [1.54, 1.807) is 0 Å². The van der Waals surface area contributed by atoms with E-state index in [0.717, 1.165) is 0 Å². The van der Waals surface area contributed by atoms with Crippen molar-refractivity contribution in [1.82, 2.24) is 15.0 Å². The minimum absolute atomic E-state index is 0.000000000000000444. The molecule has 5 heteroatoms. The molecule has 0 fully saturated rings. The summed E-state index contributed by atoms with van der Waals surface area (Å²) in [4.78, 5) is 9.70. The van der Waals surface area contributed by atoms with Gasteiger partial charge in [0.05, 0.1) is 0 Å². The van der Waals surface area contributed by atoms with E-state index in [-0.39, 0.29) is 5.62 Å². The Kier molecular flexibility index (Phi) is 0.397. The molecule has 0 aliphatic heterocycles. The second-order valence-corrected chi connectivity index (χ2v) is 1.38. The van der Waals surface area contributed by atoms with Gasteiger partial charge in [-0.15, -0.1) is 0 Å². The zero-order valence-electron chi connectivity index (χ0n) is 3.80. The summed E-state index contributed by atoms with van der Waals surface area (Å²) >= 11 is 0. The van der Waals surface area contributed by atoms with Crippen LogP contribution in [0.15, 0.2) is 4.42 Å². The molecule has 0 unspecified atom stereocenters. The van der Waals surface area contributed by atoms with E-state index in [4.69, 9.17) is 9.83 Å². The maximum atomic E-state index is 6.85. The van der Waals surface area contributed by atoms with Crippen LogP contribution >= 0.6 is 0 Å². The van der Waals surface area contributed by atoms with E-state index in [1.807, 2.05) is 0 Å². The third kappa shape index (κ3) is 0.281. The highest BCUT2D eigenvalue weighted by atomic mass is 16.4. The van der Waals surface area contributed by atoms with Crippen molar-refractivity contribution in [2.45, 2.75) is 0 Å². The van der Waals surface area contributed by atoms with E-state index >= 15 is 0 Å². The predicted octanol–water partition coefficient (Wildman–Crippen LogP) is -0.532. The van der Waals surface area contributed by atoms with E-state index in [0.29, 0.717) is 11.7 Å². The Morgan fingerprint density at radius 1 is 1.38 bits per heavy atom. The number of hydrogen-bond acceptors (Lipinski definition) is 4. The second kappa shape index (κ2) is 0.885. The zero-order valence-corrected chi connectivity index (χ0v) is 3.80. The summed E-state index contributed by atoms with van der Waals surface area (Å²) in [6, 6.07) is 0. The number of H-pyrrole nitrogens is 1. The Morgan fingerprint density at radius 3 is 2.12 bits per heavy atom. The molecule has 3 aromatic heterocycles. The maximum absolute atomic E-state index is 6.85. The summed E-state index contributed by atoms with van der Waals surface area (Å²) in [5.41, 5.74) is 0.000000000000000444. The number of aromatic amines is 1. The van der Waals surface area contributed by atoms with Gasteiger partial charge in [0.15, 0.2) is 0 Å². The van der Waals surface area contributed by atoms with Crippen molar-refractivity contribution in [2.24, 2.45) is 0 Å². The third-order valence-corrected chi connectivity index (χ3v) is 0.822. The topological polar surface area (TPSA) is 78.6 Å². The number of hydrogen-bond donors (Lipinski definition) is 2. The lowest BCUT2D eigenvalue weighted by Gasteiger charge is -1.95. The van der Waals surface area contributed by atoms with Crippen molar-refractivity contribution in [1.29, 1.82) is 5.41 Å². The van der Waals surface area contributed by atoms with Crippen LogP contribution in [0.1, 0.15) is 0 Å². The molecule has 0 atom stereocenters. The molecule has 0 aliphatic carbocycles. The number of aromatic nitrogens is 3.